The Morgan fingerprint density at radius 2 is 1.67 bits per heavy atom. The maximum Gasteiger partial charge on any atom is 0.192 e. The van der Waals surface area contributed by atoms with Gasteiger partial charge in [0.25, 0.3) is 0 Å². The lowest BCUT2D eigenvalue weighted by atomic mass is 9.85. The van der Waals surface area contributed by atoms with Crippen molar-refractivity contribution in [3.05, 3.63) is 0 Å². The molecule has 0 aliphatic heterocycles. The van der Waals surface area contributed by atoms with Crippen molar-refractivity contribution in [3.8, 4) is 0 Å². The van der Waals surface area contributed by atoms with Crippen LogP contribution in [0.15, 0.2) is 0 Å². The minimum Gasteiger partial charge on any atom is -0.288 e. The van der Waals surface area contributed by atoms with Crippen molar-refractivity contribution in [2.24, 2.45) is 5.92 Å². The lowest BCUT2D eigenvalue weighted by Gasteiger charge is -2.21. The van der Waals surface area contributed by atoms with Gasteiger partial charge >= 0.3 is 0 Å². The topological polar surface area (TPSA) is 17.1 Å². The van der Waals surface area contributed by atoms with Crippen LogP contribution in [0.3, 0.4) is 0 Å². The van der Waals surface area contributed by atoms with E-state index >= 15 is 0 Å². The molecule has 0 unspecified atom stereocenters. The standard InChI is InChI=1S/C13H23IO/c14-13(15)11-7-2-1-4-8-12-9-5-3-6-10-12/h12H,1-11H2. The zero-order chi connectivity index (χ0) is 10.9. The van der Waals surface area contributed by atoms with Gasteiger partial charge in [0.2, 0.25) is 0 Å². The number of carbonyl (C=O) groups is 1. The van der Waals surface area contributed by atoms with Crippen LogP contribution in [-0.2, 0) is 4.79 Å². The fraction of sp³-hybridized carbons (Fsp3) is 0.923. The number of rotatable bonds is 7. The third-order valence-electron chi connectivity index (χ3n) is 3.46. The molecule has 0 aromatic carbocycles. The minimum absolute atomic E-state index is 0.319. The normalized spacial score (nSPS) is 17.9. The van der Waals surface area contributed by atoms with Gasteiger partial charge in [-0.2, -0.15) is 0 Å². The monoisotopic (exact) mass is 322 g/mol. The summed E-state index contributed by atoms with van der Waals surface area (Å²) in [7, 11) is 0. The quantitative estimate of drug-likeness (QED) is 0.371. The Hall–Kier alpha value is 0.400. The van der Waals surface area contributed by atoms with Gasteiger partial charge < -0.3 is 0 Å². The summed E-state index contributed by atoms with van der Waals surface area (Å²) < 4.78 is 0.319. The lowest BCUT2D eigenvalue weighted by molar-refractivity contribution is -0.109. The number of hydrogen-bond donors (Lipinski definition) is 0. The summed E-state index contributed by atoms with van der Waals surface area (Å²) in [5.41, 5.74) is 0. The van der Waals surface area contributed by atoms with Crippen LogP contribution in [0.5, 0.6) is 0 Å². The predicted octanol–water partition coefficient (Wildman–Crippen LogP) is 4.87. The van der Waals surface area contributed by atoms with E-state index in [1.165, 1.54) is 57.8 Å². The Kier molecular flexibility index (Phi) is 7.67. The van der Waals surface area contributed by atoms with E-state index in [1.807, 2.05) is 22.6 Å². The van der Waals surface area contributed by atoms with E-state index in [1.54, 1.807) is 0 Å². The molecule has 0 bridgehead atoms. The van der Waals surface area contributed by atoms with E-state index < -0.39 is 0 Å². The Balaban J connectivity index is 1.85. The van der Waals surface area contributed by atoms with Crippen molar-refractivity contribution in [2.45, 2.75) is 70.6 Å². The molecule has 2 heteroatoms. The van der Waals surface area contributed by atoms with E-state index in [-0.39, 0.29) is 0 Å². The summed E-state index contributed by atoms with van der Waals surface area (Å²) in [6.07, 6.45) is 14.7. The maximum atomic E-state index is 10.7. The highest BCUT2D eigenvalue weighted by molar-refractivity contribution is 14.1. The maximum absolute atomic E-state index is 10.7. The molecule has 1 saturated carbocycles. The summed E-state index contributed by atoms with van der Waals surface area (Å²) in [4.78, 5) is 10.7. The second kappa shape index (κ2) is 8.54. The Morgan fingerprint density at radius 3 is 2.33 bits per heavy atom. The first-order valence-electron chi connectivity index (χ1n) is 6.47. The molecule has 0 aromatic heterocycles. The summed E-state index contributed by atoms with van der Waals surface area (Å²) in [5, 5.41) is 0. The average Bonchev–Trinajstić information content (AvgIpc) is 2.24. The molecule has 0 saturated heterocycles. The predicted molar refractivity (Wildman–Crippen MR) is 73.3 cm³/mol. The molecule has 0 aromatic rings. The zero-order valence-corrected chi connectivity index (χ0v) is 11.8. The highest BCUT2D eigenvalue weighted by Crippen LogP contribution is 2.28. The number of halogens is 1. The second-order valence-electron chi connectivity index (χ2n) is 4.81. The molecule has 1 nitrogen and oxygen atoms in total. The largest absolute Gasteiger partial charge is 0.288 e. The van der Waals surface area contributed by atoms with Crippen molar-refractivity contribution in [3.63, 3.8) is 0 Å². The molecule has 88 valence electrons. The van der Waals surface area contributed by atoms with Crippen LogP contribution in [0.1, 0.15) is 70.6 Å². The molecule has 0 radical (unpaired) electrons. The van der Waals surface area contributed by atoms with Crippen LogP contribution < -0.4 is 0 Å². The summed E-state index contributed by atoms with van der Waals surface area (Å²) in [6.45, 7) is 0. The van der Waals surface area contributed by atoms with Crippen LogP contribution in [-0.4, -0.2) is 3.79 Å². The summed E-state index contributed by atoms with van der Waals surface area (Å²) in [6, 6.07) is 0. The smallest absolute Gasteiger partial charge is 0.192 e. The molecule has 0 atom stereocenters. The first-order valence-corrected chi connectivity index (χ1v) is 7.55. The molecule has 1 aliphatic carbocycles. The van der Waals surface area contributed by atoms with Crippen LogP contribution in [0.4, 0.5) is 0 Å². The number of hydrogen-bond acceptors (Lipinski definition) is 1. The fourth-order valence-corrected chi connectivity index (χ4v) is 2.91. The van der Waals surface area contributed by atoms with E-state index in [0.717, 1.165) is 18.8 Å². The van der Waals surface area contributed by atoms with Gasteiger partial charge in [0.1, 0.15) is 0 Å². The van der Waals surface area contributed by atoms with E-state index in [0.29, 0.717) is 3.79 Å². The zero-order valence-electron chi connectivity index (χ0n) is 9.64. The first kappa shape index (κ1) is 13.5. The molecule has 1 aliphatic rings. The van der Waals surface area contributed by atoms with Gasteiger partial charge in [-0.3, -0.25) is 4.79 Å². The van der Waals surface area contributed by atoms with Gasteiger partial charge in [0.05, 0.1) is 0 Å². The highest BCUT2D eigenvalue weighted by Gasteiger charge is 2.12. The van der Waals surface area contributed by atoms with Crippen molar-refractivity contribution in [1.82, 2.24) is 0 Å². The molecular formula is C13H23IO. The minimum atomic E-state index is 0.319. The van der Waals surface area contributed by atoms with Gasteiger partial charge in [-0.25, -0.2) is 0 Å². The summed E-state index contributed by atoms with van der Waals surface area (Å²) in [5.74, 6) is 1.03. The molecular weight excluding hydrogens is 299 g/mol. The fourth-order valence-electron chi connectivity index (χ4n) is 2.53. The Labute approximate surface area is 108 Å². The van der Waals surface area contributed by atoms with Crippen molar-refractivity contribution in [2.75, 3.05) is 0 Å². The van der Waals surface area contributed by atoms with E-state index in [4.69, 9.17) is 0 Å². The van der Waals surface area contributed by atoms with Crippen molar-refractivity contribution >= 4 is 26.4 Å². The first-order chi connectivity index (χ1) is 7.29. The number of carbonyl (C=O) groups excluding carboxylic acids is 1. The van der Waals surface area contributed by atoms with E-state index in [9.17, 15) is 4.79 Å². The molecule has 1 fully saturated rings. The Morgan fingerprint density at radius 1 is 1.00 bits per heavy atom. The average molecular weight is 322 g/mol. The molecule has 1 rings (SSSR count). The molecule has 0 spiro atoms. The number of unbranched alkanes of at least 4 members (excludes halogenated alkanes) is 3. The van der Waals surface area contributed by atoms with Crippen molar-refractivity contribution in [1.29, 1.82) is 0 Å². The third kappa shape index (κ3) is 7.31. The molecule has 0 amide bonds. The van der Waals surface area contributed by atoms with E-state index in [2.05, 4.69) is 0 Å². The van der Waals surface area contributed by atoms with Crippen LogP contribution in [0, 0.1) is 5.92 Å². The SMILES string of the molecule is O=C(I)CCCCCCC1CCCCC1. The van der Waals surface area contributed by atoms with Gasteiger partial charge in [-0.1, -0.05) is 57.8 Å². The molecule has 0 heterocycles. The van der Waals surface area contributed by atoms with Gasteiger partial charge in [-0.05, 0) is 34.9 Å². The summed E-state index contributed by atoms with van der Waals surface area (Å²) >= 11 is 1.90. The van der Waals surface area contributed by atoms with Crippen LogP contribution >= 0.6 is 22.6 Å². The van der Waals surface area contributed by atoms with Gasteiger partial charge in [0, 0.05) is 6.42 Å². The van der Waals surface area contributed by atoms with Gasteiger partial charge in [-0.15, -0.1) is 0 Å². The van der Waals surface area contributed by atoms with Crippen LogP contribution in [0.25, 0.3) is 0 Å². The Bertz CT molecular complexity index is 173. The molecule has 0 N–H and O–H groups in total. The van der Waals surface area contributed by atoms with Gasteiger partial charge in [0.15, 0.2) is 3.79 Å². The van der Waals surface area contributed by atoms with Crippen LogP contribution in [0.2, 0.25) is 0 Å². The highest BCUT2D eigenvalue weighted by atomic mass is 127. The van der Waals surface area contributed by atoms with Crippen molar-refractivity contribution < 1.29 is 4.79 Å². The lowest BCUT2D eigenvalue weighted by Crippen LogP contribution is -2.05. The third-order valence-corrected chi connectivity index (χ3v) is 4.00. The molecule has 15 heavy (non-hydrogen) atoms. The second-order valence-corrected chi connectivity index (χ2v) is 6.02.